The molecule has 1 amide bonds. The molecule has 51 heavy (non-hydrogen) atoms. The lowest BCUT2D eigenvalue weighted by molar-refractivity contribution is -0.193. The van der Waals surface area contributed by atoms with Crippen LogP contribution in [0.15, 0.2) is 11.1 Å². The third-order valence-electron chi connectivity index (χ3n) is 17.8. The van der Waals surface area contributed by atoms with E-state index in [-0.39, 0.29) is 57.2 Å². The van der Waals surface area contributed by atoms with Gasteiger partial charge in [-0.1, -0.05) is 73.3 Å². The van der Waals surface area contributed by atoms with E-state index in [2.05, 4.69) is 46.9 Å². The van der Waals surface area contributed by atoms with Crippen LogP contribution in [0.1, 0.15) is 158 Å². The number of hydrogen-bond acceptors (Lipinski definition) is 4. The Morgan fingerprint density at radius 3 is 2.22 bits per heavy atom. The summed E-state index contributed by atoms with van der Waals surface area (Å²) < 4.78 is 0. The van der Waals surface area contributed by atoms with Gasteiger partial charge in [-0.2, -0.15) is 0 Å². The van der Waals surface area contributed by atoms with E-state index in [1.165, 1.54) is 50.5 Å². The molecule has 6 fully saturated rings. The van der Waals surface area contributed by atoms with Crippen molar-refractivity contribution in [1.82, 2.24) is 5.32 Å². The zero-order valence-corrected chi connectivity index (χ0v) is 33.1. The van der Waals surface area contributed by atoms with E-state index in [0.717, 1.165) is 50.5 Å². The van der Waals surface area contributed by atoms with Crippen LogP contribution in [0.5, 0.6) is 0 Å². The van der Waals surface area contributed by atoms with Crippen LogP contribution in [0.3, 0.4) is 0 Å². The van der Waals surface area contributed by atoms with E-state index in [0.29, 0.717) is 67.0 Å². The van der Waals surface area contributed by atoms with Crippen molar-refractivity contribution in [2.75, 3.05) is 6.54 Å². The Hall–Kier alpha value is -1.98. The highest BCUT2D eigenvalue weighted by Crippen LogP contribution is 2.74. The van der Waals surface area contributed by atoms with Gasteiger partial charge in [-0.3, -0.25) is 19.2 Å². The first kappa shape index (κ1) is 37.3. The quantitative estimate of drug-likeness (QED) is 0.249. The molecule has 7 aliphatic rings. The summed E-state index contributed by atoms with van der Waals surface area (Å²) in [6, 6.07) is 0. The van der Waals surface area contributed by atoms with Gasteiger partial charge < -0.3 is 10.4 Å². The zero-order chi connectivity index (χ0) is 36.7. The number of fused-ring (bicyclic) bond motifs is 7. The average Bonchev–Trinajstić information content (AvgIpc) is 3.37. The monoisotopic (exact) mass is 704 g/mol. The Bertz CT molecular complexity index is 1450. The number of carboxylic acids is 1. The van der Waals surface area contributed by atoms with Crippen molar-refractivity contribution in [3.8, 4) is 0 Å². The number of carbonyl (C=O) groups is 4. The molecule has 0 aromatic rings. The minimum absolute atomic E-state index is 0.0476. The Balaban J connectivity index is 1.08. The van der Waals surface area contributed by atoms with Gasteiger partial charge in [0.2, 0.25) is 5.91 Å². The van der Waals surface area contributed by atoms with Crippen molar-refractivity contribution in [2.45, 2.75) is 158 Å². The second kappa shape index (κ2) is 13.4. The van der Waals surface area contributed by atoms with Crippen molar-refractivity contribution in [3.05, 3.63) is 11.1 Å². The lowest BCUT2D eigenvalue weighted by Gasteiger charge is -2.69. The highest BCUT2D eigenvalue weighted by atomic mass is 16.4. The number of amides is 1. The predicted octanol–water partition coefficient (Wildman–Crippen LogP) is 9.60. The van der Waals surface area contributed by atoms with Gasteiger partial charge in [0.1, 0.15) is 5.78 Å². The number of allylic oxidation sites excluding steroid dienone is 2. The van der Waals surface area contributed by atoms with Crippen molar-refractivity contribution in [1.29, 1.82) is 0 Å². The molecule has 0 aliphatic heterocycles. The third-order valence-corrected chi connectivity index (χ3v) is 17.8. The molecular weight excluding hydrogens is 634 g/mol. The minimum atomic E-state index is -0.751. The molecule has 0 aromatic heterocycles. The zero-order valence-electron chi connectivity index (χ0n) is 33.1. The fourth-order valence-electron chi connectivity index (χ4n) is 15.0. The van der Waals surface area contributed by atoms with Crippen LogP contribution in [0, 0.1) is 80.8 Å². The number of carbonyl (C=O) groups excluding carboxylic acids is 3. The van der Waals surface area contributed by atoms with Crippen molar-refractivity contribution in [2.24, 2.45) is 80.8 Å². The van der Waals surface area contributed by atoms with Gasteiger partial charge in [0.25, 0.3) is 0 Å². The maximum absolute atomic E-state index is 13.9. The normalized spacial score (nSPS) is 43.4. The summed E-state index contributed by atoms with van der Waals surface area (Å²) in [7, 11) is 0. The largest absolute Gasteiger partial charge is 0.481 e. The van der Waals surface area contributed by atoms with Gasteiger partial charge in [0.05, 0.1) is 5.92 Å². The van der Waals surface area contributed by atoms with Crippen molar-refractivity contribution < 1.29 is 24.3 Å². The van der Waals surface area contributed by atoms with Crippen LogP contribution in [0.25, 0.3) is 0 Å². The Morgan fingerprint density at radius 2 is 1.55 bits per heavy atom. The number of rotatable bonds is 9. The number of aliphatic carboxylic acids is 1. The van der Waals surface area contributed by atoms with Crippen LogP contribution in [-0.4, -0.2) is 35.1 Å². The molecule has 0 aromatic carbocycles. The Morgan fingerprint density at radius 1 is 0.843 bits per heavy atom. The second-order valence-corrected chi connectivity index (χ2v) is 20.6. The molecule has 0 bridgehead atoms. The van der Waals surface area contributed by atoms with Crippen LogP contribution in [0.4, 0.5) is 0 Å². The number of ketones is 2. The summed E-state index contributed by atoms with van der Waals surface area (Å²) in [5, 5.41) is 12.9. The summed E-state index contributed by atoms with van der Waals surface area (Å²) in [6.45, 7) is 17.3. The topological polar surface area (TPSA) is 101 Å². The molecule has 6 saturated carbocycles. The molecular formula is C45H69NO5. The lowest BCUT2D eigenvalue weighted by Crippen LogP contribution is -2.62. The van der Waals surface area contributed by atoms with E-state index in [9.17, 15) is 24.3 Å². The van der Waals surface area contributed by atoms with E-state index in [1.54, 1.807) is 0 Å². The summed E-state index contributed by atoms with van der Waals surface area (Å²) in [5.74, 6) is 2.73. The molecule has 11 atom stereocenters. The maximum Gasteiger partial charge on any atom is 0.306 e. The molecule has 0 spiro atoms. The molecule has 0 saturated heterocycles. The number of hydrogen-bond donors (Lipinski definition) is 2. The molecule has 0 radical (unpaired) electrons. The van der Waals surface area contributed by atoms with Crippen molar-refractivity contribution in [3.63, 3.8) is 0 Å². The standard InChI is InChI=1S/C45H69NO5/c1-26(2)38-35(48)25-45(21-22-46-40(49)28-11-9-8-10-12-28)20-16-33-30(39(38)45)13-14-37-43(33,6)19-17-36-42(4,5)29(15-18-44(36,37)7)23-34(47)31-24-32(27(31)3)41(50)51/h26-33,36-37H,8-25H2,1-7H3,(H,46,49)(H,50,51). The maximum atomic E-state index is 13.9. The SMILES string of the molecule is CC(C)C1=C2C3CCC4C(C)(CCC5C(C)(C)C(CC(=O)C6CC(C(=O)O)C6C)CCC54C)C3CCC2(CCNC(=O)C2CCCCC2)CC1=O. The molecule has 7 aliphatic carbocycles. The molecule has 7 rings (SSSR count). The van der Waals surface area contributed by atoms with E-state index in [1.807, 2.05) is 6.92 Å². The summed E-state index contributed by atoms with van der Waals surface area (Å²) >= 11 is 0. The number of carboxylic acid groups (broad SMARTS) is 1. The first-order valence-electron chi connectivity index (χ1n) is 21.4. The summed E-state index contributed by atoms with van der Waals surface area (Å²) in [4.78, 5) is 52.2. The van der Waals surface area contributed by atoms with E-state index < -0.39 is 5.97 Å². The molecule has 0 heterocycles. The summed E-state index contributed by atoms with van der Waals surface area (Å²) in [6.07, 6.45) is 17.6. The third kappa shape index (κ3) is 5.92. The fourth-order valence-corrected chi connectivity index (χ4v) is 15.0. The van der Waals surface area contributed by atoms with Gasteiger partial charge >= 0.3 is 5.97 Å². The summed E-state index contributed by atoms with van der Waals surface area (Å²) in [5.41, 5.74) is 3.12. The Labute approximate surface area is 308 Å². The van der Waals surface area contributed by atoms with Crippen LogP contribution < -0.4 is 5.32 Å². The number of nitrogens with one attached hydrogen (secondary N) is 1. The highest BCUT2D eigenvalue weighted by molar-refractivity contribution is 6.00. The molecule has 11 unspecified atom stereocenters. The van der Waals surface area contributed by atoms with Crippen LogP contribution in [-0.2, 0) is 19.2 Å². The Kier molecular flexibility index (Phi) is 9.81. The molecule has 6 nitrogen and oxygen atoms in total. The van der Waals surface area contributed by atoms with Crippen molar-refractivity contribution >= 4 is 23.4 Å². The minimum Gasteiger partial charge on any atom is -0.481 e. The lowest BCUT2D eigenvalue weighted by atomic mass is 9.35. The highest BCUT2D eigenvalue weighted by Gasteiger charge is 2.66. The van der Waals surface area contributed by atoms with Gasteiger partial charge in [0, 0.05) is 36.6 Å². The second-order valence-electron chi connectivity index (χ2n) is 20.6. The van der Waals surface area contributed by atoms with Gasteiger partial charge in [-0.05, 0) is 140 Å². The smallest absolute Gasteiger partial charge is 0.306 e. The average molecular weight is 704 g/mol. The van der Waals surface area contributed by atoms with Crippen LogP contribution in [0.2, 0.25) is 0 Å². The predicted molar refractivity (Wildman–Crippen MR) is 201 cm³/mol. The molecule has 2 N–H and O–H groups in total. The van der Waals surface area contributed by atoms with Crippen LogP contribution >= 0.6 is 0 Å². The molecule has 6 heteroatoms. The van der Waals surface area contributed by atoms with Gasteiger partial charge in [-0.15, -0.1) is 0 Å². The van der Waals surface area contributed by atoms with E-state index in [4.69, 9.17) is 0 Å². The first-order valence-corrected chi connectivity index (χ1v) is 21.4. The van der Waals surface area contributed by atoms with Gasteiger partial charge in [0.15, 0.2) is 5.78 Å². The number of Topliss-reactive ketones (excluding diaryl/α,β-unsaturated/α-hetero) is 2. The first-order chi connectivity index (χ1) is 24.0. The fraction of sp³-hybridized carbons (Fsp3) is 0.867. The van der Waals surface area contributed by atoms with Gasteiger partial charge in [-0.25, -0.2) is 0 Å². The molecule has 284 valence electrons. The van der Waals surface area contributed by atoms with E-state index >= 15 is 0 Å².